The topological polar surface area (TPSA) is 0 Å². The van der Waals surface area contributed by atoms with Crippen molar-refractivity contribution in [2.75, 3.05) is 0 Å². The second kappa shape index (κ2) is 12.2. The Labute approximate surface area is 192 Å². The van der Waals surface area contributed by atoms with Gasteiger partial charge >= 0.3 is 169 Å². The fourth-order valence-electron chi connectivity index (χ4n) is 5.07. The predicted octanol–water partition coefficient (Wildman–Crippen LogP) is 1.94. The molecule has 0 aromatic rings. The van der Waals surface area contributed by atoms with Gasteiger partial charge in [0.1, 0.15) is 0 Å². The zero-order chi connectivity index (χ0) is 18.5. The fourth-order valence-corrected chi connectivity index (χ4v) is 9.42. The van der Waals surface area contributed by atoms with Crippen LogP contribution in [-0.4, -0.2) is 0 Å². The molecule has 3 heteroatoms. The second-order valence-corrected chi connectivity index (χ2v) is 11.4. The first-order valence-electron chi connectivity index (χ1n) is 10.6. The molecular formula is C24H38Cl2Zr. The molecule has 0 atom stereocenters. The van der Waals surface area contributed by atoms with Crippen LogP contribution in [0.25, 0.3) is 0 Å². The largest absolute Gasteiger partial charge is 1.00 e. The van der Waals surface area contributed by atoms with Gasteiger partial charge in [-0.05, 0) is 0 Å². The van der Waals surface area contributed by atoms with Gasteiger partial charge < -0.3 is 24.8 Å². The first kappa shape index (κ1) is 27.4. The maximum absolute atomic E-state index is 2.50. The van der Waals surface area contributed by atoms with Crippen molar-refractivity contribution in [3.05, 3.63) is 42.0 Å². The van der Waals surface area contributed by atoms with Crippen LogP contribution in [-0.2, 0) is 23.2 Å². The maximum Gasteiger partial charge on any atom is -1.00 e. The van der Waals surface area contributed by atoms with Gasteiger partial charge in [0, 0.05) is 0 Å². The molecule has 27 heavy (non-hydrogen) atoms. The smallest absolute Gasteiger partial charge is 1.00 e. The number of allylic oxidation sites excluding steroid dienone is 8. The Balaban J connectivity index is 0.00000338. The number of hydrogen-bond donors (Lipinski definition) is 0. The summed E-state index contributed by atoms with van der Waals surface area (Å²) in [7, 11) is 0. The molecule has 0 saturated carbocycles. The minimum absolute atomic E-state index is 0. The van der Waals surface area contributed by atoms with Crippen molar-refractivity contribution in [3.8, 4) is 0 Å². The monoisotopic (exact) mass is 486 g/mol. The van der Waals surface area contributed by atoms with E-state index in [1.807, 2.05) is 6.56 Å². The Bertz CT molecular complexity index is 519. The number of rotatable bonds is 10. The molecule has 0 fully saturated rings. The van der Waals surface area contributed by atoms with Gasteiger partial charge in [0.05, 0.1) is 0 Å². The summed E-state index contributed by atoms with van der Waals surface area (Å²) in [6, 6.07) is 0. The third kappa shape index (κ3) is 5.32. The molecule has 152 valence electrons. The normalized spacial score (nSPS) is 16.5. The molecule has 0 bridgehead atoms. The molecular weight excluding hydrogens is 450 g/mol. The van der Waals surface area contributed by atoms with Crippen molar-refractivity contribution >= 4 is 0 Å². The van der Waals surface area contributed by atoms with Crippen LogP contribution in [0.4, 0.5) is 0 Å². The van der Waals surface area contributed by atoms with E-state index < -0.39 is 23.2 Å². The standard InChI is InChI=1S/2C12H19.2ClH.Zr/c2*1-4-12(5-2,6-3)11-9-7-8-10-11;;;/h2*7,9H,4-6,8H2,1-3H3;2*1H;/q;;;;+2/p-2. The van der Waals surface area contributed by atoms with E-state index in [9.17, 15) is 0 Å². The van der Waals surface area contributed by atoms with Crippen LogP contribution in [0.1, 0.15) is 92.9 Å². The average molecular weight is 489 g/mol. The molecule has 2 aliphatic carbocycles. The molecule has 0 heterocycles. The van der Waals surface area contributed by atoms with Gasteiger partial charge in [0.2, 0.25) is 0 Å². The molecule has 0 saturated heterocycles. The van der Waals surface area contributed by atoms with Crippen molar-refractivity contribution in [1.82, 2.24) is 0 Å². The summed E-state index contributed by atoms with van der Waals surface area (Å²) in [5.41, 5.74) is 4.38. The minimum atomic E-state index is -0.651. The van der Waals surface area contributed by atoms with Crippen molar-refractivity contribution in [1.29, 1.82) is 0 Å². The molecule has 2 rings (SSSR count). The van der Waals surface area contributed by atoms with Crippen molar-refractivity contribution < 1.29 is 48.0 Å². The summed E-state index contributed by atoms with van der Waals surface area (Å²) in [5, 5.41) is 0. The Morgan fingerprint density at radius 3 is 1.19 bits per heavy atom. The van der Waals surface area contributed by atoms with E-state index in [4.69, 9.17) is 0 Å². The van der Waals surface area contributed by atoms with E-state index in [1.54, 1.807) is 11.1 Å². The molecule has 0 amide bonds. The van der Waals surface area contributed by atoms with E-state index in [2.05, 4.69) is 65.8 Å². The minimum Gasteiger partial charge on any atom is -1.00 e. The molecule has 0 N–H and O–H groups in total. The summed E-state index contributed by atoms with van der Waals surface area (Å²) in [6.45, 7) is 14.4. The van der Waals surface area contributed by atoms with Crippen LogP contribution in [0.5, 0.6) is 0 Å². The third-order valence-electron chi connectivity index (χ3n) is 7.37. The molecule has 0 unspecified atom stereocenters. The van der Waals surface area contributed by atoms with Gasteiger partial charge in [-0.15, -0.1) is 0 Å². The van der Waals surface area contributed by atoms with Gasteiger partial charge in [-0.2, -0.15) is 0 Å². The quantitative estimate of drug-likeness (QED) is 0.441. The number of halogens is 2. The predicted molar refractivity (Wildman–Crippen MR) is 108 cm³/mol. The van der Waals surface area contributed by atoms with E-state index >= 15 is 0 Å². The second-order valence-electron chi connectivity index (χ2n) is 7.80. The first-order valence-corrected chi connectivity index (χ1v) is 13.1. The van der Waals surface area contributed by atoms with Crippen molar-refractivity contribution in [2.45, 2.75) is 92.9 Å². The molecule has 0 spiro atoms. The van der Waals surface area contributed by atoms with E-state index in [0.29, 0.717) is 10.8 Å². The van der Waals surface area contributed by atoms with Crippen LogP contribution < -0.4 is 24.8 Å². The van der Waals surface area contributed by atoms with Crippen LogP contribution in [0.15, 0.2) is 42.0 Å². The van der Waals surface area contributed by atoms with Gasteiger partial charge in [0.15, 0.2) is 0 Å². The zero-order valence-corrected chi connectivity index (χ0v) is 22.2. The van der Waals surface area contributed by atoms with Crippen LogP contribution in [0.3, 0.4) is 0 Å². The Morgan fingerprint density at radius 1 is 0.630 bits per heavy atom. The van der Waals surface area contributed by atoms with E-state index in [0.717, 1.165) is 0 Å². The van der Waals surface area contributed by atoms with Crippen molar-refractivity contribution in [2.24, 2.45) is 10.8 Å². The Hall–Kier alpha value is 0.423. The number of hydrogen-bond acceptors (Lipinski definition) is 0. The molecule has 0 nitrogen and oxygen atoms in total. The molecule has 0 radical (unpaired) electrons. The summed E-state index contributed by atoms with van der Waals surface area (Å²) in [4.78, 5) is 0. The van der Waals surface area contributed by atoms with Crippen LogP contribution in [0, 0.1) is 10.8 Å². The molecule has 2 aliphatic rings. The first-order chi connectivity index (χ1) is 12.1. The zero-order valence-electron chi connectivity index (χ0n) is 18.2. The molecule has 0 aromatic carbocycles. The van der Waals surface area contributed by atoms with Gasteiger partial charge in [-0.1, -0.05) is 0 Å². The fraction of sp³-hybridized carbons (Fsp3) is 0.667. The van der Waals surface area contributed by atoms with Crippen LogP contribution >= 0.6 is 0 Å². The average Bonchev–Trinajstić information content (AvgIpc) is 3.31. The van der Waals surface area contributed by atoms with Gasteiger partial charge in [0.25, 0.3) is 0 Å². The summed E-state index contributed by atoms with van der Waals surface area (Å²) in [5.74, 6) is 0. The molecule has 0 aliphatic heterocycles. The Kier molecular flexibility index (Phi) is 12.4. The van der Waals surface area contributed by atoms with Crippen molar-refractivity contribution in [3.63, 3.8) is 0 Å². The van der Waals surface area contributed by atoms with E-state index in [-0.39, 0.29) is 24.8 Å². The summed E-state index contributed by atoms with van der Waals surface area (Å²) >= 11 is -0.651. The van der Waals surface area contributed by atoms with Gasteiger partial charge in [-0.3, -0.25) is 0 Å². The third-order valence-corrected chi connectivity index (χ3v) is 11.2. The van der Waals surface area contributed by atoms with E-state index in [1.165, 1.54) is 51.4 Å². The van der Waals surface area contributed by atoms with Gasteiger partial charge in [-0.25, -0.2) is 0 Å². The maximum atomic E-state index is 2.50. The molecule has 0 aromatic heterocycles. The Morgan fingerprint density at radius 2 is 0.926 bits per heavy atom. The SMILES string of the molecule is CCC(CC)(CC)C1=[C]([Zr+2][C]2=C(C(CC)(CC)CC)C=CC2)CC=C1.[Cl-].[Cl-]. The summed E-state index contributed by atoms with van der Waals surface area (Å²) < 4.78 is 3.75. The van der Waals surface area contributed by atoms with Crippen LogP contribution in [0.2, 0.25) is 0 Å². The summed E-state index contributed by atoms with van der Waals surface area (Å²) in [6.07, 6.45) is 20.1.